The molecule has 32 heavy (non-hydrogen) atoms. The number of rotatable bonds is 20. The Balaban J connectivity index is 2.75. The molecule has 0 atom stereocenters. The zero-order valence-electron chi connectivity index (χ0n) is 19.6. The summed E-state index contributed by atoms with van der Waals surface area (Å²) in [4.78, 5) is 0. The van der Waals surface area contributed by atoms with Crippen LogP contribution in [0.25, 0.3) is 0 Å². The highest BCUT2D eigenvalue weighted by molar-refractivity contribution is 6.34. The topological polar surface area (TPSA) is 118 Å². The Bertz CT molecular complexity index is 550. The summed E-state index contributed by atoms with van der Waals surface area (Å²) in [5.74, 6) is 0.552. The second kappa shape index (κ2) is 17.9. The molecule has 1 aromatic carbocycles. The molecule has 1 aromatic rings. The van der Waals surface area contributed by atoms with Crippen LogP contribution in [0.2, 0.25) is 0 Å². The van der Waals surface area contributed by atoms with Crippen molar-refractivity contribution in [3.63, 3.8) is 0 Å². The molecule has 0 saturated heterocycles. The highest BCUT2D eigenvalue weighted by atomic mass is 16.6. The zero-order valence-corrected chi connectivity index (χ0v) is 19.6. The van der Waals surface area contributed by atoms with Crippen molar-refractivity contribution in [2.45, 2.75) is 90.9 Å². The van der Waals surface area contributed by atoms with Gasteiger partial charge < -0.3 is 38.9 Å². The first-order valence-electron chi connectivity index (χ1n) is 12.0. The minimum absolute atomic E-state index is 0.0729. The van der Waals surface area contributed by atoms with Gasteiger partial charge in [0, 0.05) is 12.1 Å². The summed E-state index contributed by atoms with van der Waals surface area (Å²) in [6.45, 7) is 5.15. The first-order chi connectivity index (χ1) is 15.5. The summed E-state index contributed by atoms with van der Waals surface area (Å²) < 4.78 is 21.6. The van der Waals surface area contributed by atoms with Crippen LogP contribution in [0.3, 0.4) is 0 Å². The molecule has 0 radical (unpaired) electrons. The zero-order chi connectivity index (χ0) is 23.6. The summed E-state index contributed by atoms with van der Waals surface area (Å²) in [6.07, 6.45) is 13.2. The van der Waals surface area contributed by atoms with Crippen LogP contribution in [0.15, 0.2) is 12.1 Å². The molecule has 0 amide bonds. The number of hydrogen-bond donors (Lipinski definition) is 4. The van der Waals surface area contributed by atoms with E-state index in [1.807, 2.05) is 0 Å². The predicted molar refractivity (Wildman–Crippen MR) is 126 cm³/mol. The van der Waals surface area contributed by atoms with Crippen LogP contribution in [-0.2, 0) is 0 Å². The molecule has 8 nitrogen and oxygen atoms in total. The van der Waals surface area contributed by atoms with Crippen LogP contribution in [0.4, 0.5) is 0 Å². The third kappa shape index (κ3) is 13.1. The Morgan fingerprint density at radius 3 is 1.22 bits per heavy atom. The quantitative estimate of drug-likeness (QED) is 0.173. The van der Waals surface area contributed by atoms with Gasteiger partial charge in [0.05, 0.1) is 13.2 Å². The van der Waals surface area contributed by atoms with E-state index in [9.17, 15) is 20.1 Å². The largest absolute Gasteiger partial charge is 0.707 e. The molecule has 0 aliphatic carbocycles. The molecule has 0 aliphatic heterocycles. The van der Waals surface area contributed by atoms with E-state index >= 15 is 0 Å². The van der Waals surface area contributed by atoms with Crippen molar-refractivity contribution >= 4 is 14.6 Å². The standard InChI is InChI=1S/C22H40B2O8/c1-3-5-7-9-11-13-15-29-19-17-22(32-24(27)28)20(18-21(19)31-23(25)26)30-16-14-12-10-8-6-4-2/h17-18,25-28H,3-16H2,1-2H3. The van der Waals surface area contributed by atoms with Crippen molar-refractivity contribution in [2.24, 2.45) is 0 Å². The Kier molecular flexibility index (Phi) is 15.9. The van der Waals surface area contributed by atoms with E-state index < -0.39 is 14.6 Å². The van der Waals surface area contributed by atoms with E-state index in [1.165, 1.54) is 50.7 Å². The molecule has 0 heterocycles. The molecule has 0 fully saturated rings. The van der Waals surface area contributed by atoms with E-state index in [0.29, 0.717) is 13.2 Å². The van der Waals surface area contributed by atoms with E-state index in [-0.39, 0.29) is 23.0 Å². The normalized spacial score (nSPS) is 10.7. The predicted octanol–water partition coefficient (Wildman–Crippen LogP) is 3.86. The van der Waals surface area contributed by atoms with Crippen molar-refractivity contribution in [2.75, 3.05) is 13.2 Å². The molecule has 0 bridgehead atoms. The Hall–Kier alpha value is -1.61. The number of unbranched alkanes of at least 4 members (excludes halogenated alkanes) is 10. The third-order valence-corrected chi connectivity index (χ3v) is 4.99. The summed E-state index contributed by atoms with van der Waals surface area (Å²) in [7, 11) is -4.07. The molecule has 1 rings (SSSR count). The monoisotopic (exact) mass is 454 g/mol. The average Bonchev–Trinajstić information content (AvgIpc) is 2.74. The summed E-state index contributed by atoms with van der Waals surface area (Å²) in [5, 5.41) is 37.1. The first-order valence-corrected chi connectivity index (χ1v) is 12.0. The molecule has 0 aliphatic rings. The van der Waals surface area contributed by atoms with Gasteiger partial charge in [0.15, 0.2) is 11.5 Å². The van der Waals surface area contributed by atoms with Crippen molar-refractivity contribution in [3.05, 3.63) is 12.1 Å². The minimum Gasteiger partial charge on any atom is -0.509 e. The highest BCUT2D eigenvalue weighted by Crippen LogP contribution is 2.40. The van der Waals surface area contributed by atoms with Crippen LogP contribution in [0.1, 0.15) is 90.9 Å². The van der Waals surface area contributed by atoms with Crippen LogP contribution < -0.4 is 18.8 Å². The van der Waals surface area contributed by atoms with Gasteiger partial charge in [-0.3, -0.25) is 0 Å². The van der Waals surface area contributed by atoms with E-state index in [4.69, 9.17) is 18.8 Å². The second-order valence-electron chi connectivity index (χ2n) is 7.87. The number of hydrogen-bond acceptors (Lipinski definition) is 8. The summed E-state index contributed by atoms with van der Waals surface area (Å²) in [5.41, 5.74) is 0. The average molecular weight is 454 g/mol. The van der Waals surface area contributed by atoms with Crippen molar-refractivity contribution < 1.29 is 38.9 Å². The molecule has 0 saturated carbocycles. The molecule has 10 heteroatoms. The third-order valence-electron chi connectivity index (χ3n) is 4.99. The molecular weight excluding hydrogens is 414 g/mol. The lowest BCUT2D eigenvalue weighted by Gasteiger charge is -2.18. The van der Waals surface area contributed by atoms with Crippen LogP contribution >= 0.6 is 0 Å². The maximum atomic E-state index is 9.27. The van der Waals surface area contributed by atoms with Gasteiger partial charge in [-0.15, -0.1) is 0 Å². The molecule has 0 spiro atoms. The Morgan fingerprint density at radius 2 is 0.875 bits per heavy atom. The highest BCUT2D eigenvalue weighted by Gasteiger charge is 2.22. The van der Waals surface area contributed by atoms with Crippen LogP contribution in [0, 0.1) is 0 Å². The second-order valence-corrected chi connectivity index (χ2v) is 7.87. The smallest absolute Gasteiger partial charge is 0.509 e. The van der Waals surface area contributed by atoms with E-state index in [2.05, 4.69) is 13.8 Å². The number of benzene rings is 1. The summed E-state index contributed by atoms with van der Waals surface area (Å²) in [6, 6.07) is 2.82. The van der Waals surface area contributed by atoms with E-state index in [1.54, 1.807) is 0 Å². The fourth-order valence-electron chi connectivity index (χ4n) is 3.29. The lowest BCUT2D eigenvalue weighted by atomic mass is 10.1. The summed E-state index contributed by atoms with van der Waals surface area (Å²) >= 11 is 0. The molecule has 0 unspecified atom stereocenters. The lowest BCUT2D eigenvalue weighted by molar-refractivity contribution is 0.248. The lowest BCUT2D eigenvalue weighted by Crippen LogP contribution is -2.22. The Labute approximate surface area is 193 Å². The maximum absolute atomic E-state index is 9.27. The Morgan fingerprint density at radius 1 is 0.531 bits per heavy atom. The fraction of sp³-hybridized carbons (Fsp3) is 0.727. The van der Waals surface area contributed by atoms with Gasteiger partial charge in [0.1, 0.15) is 11.5 Å². The van der Waals surface area contributed by atoms with Gasteiger partial charge in [-0.2, -0.15) is 0 Å². The molecule has 182 valence electrons. The minimum atomic E-state index is -2.03. The fourth-order valence-corrected chi connectivity index (χ4v) is 3.29. The molecule has 0 aromatic heterocycles. The van der Waals surface area contributed by atoms with E-state index in [0.717, 1.165) is 38.5 Å². The number of ether oxygens (including phenoxy) is 2. The van der Waals surface area contributed by atoms with Gasteiger partial charge in [-0.1, -0.05) is 78.1 Å². The molecular formula is C22H40B2O8. The van der Waals surface area contributed by atoms with Gasteiger partial charge in [-0.05, 0) is 12.8 Å². The van der Waals surface area contributed by atoms with Crippen LogP contribution in [-0.4, -0.2) is 48.0 Å². The van der Waals surface area contributed by atoms with Gasteiger partial charge in [-0.25, -0.2) is 0 Å². The van der Waals surface area contributed by atoms with Gasteiger partial charge in [0.2, 0.25) is 0 Å². The van der Waals surface area contributed by atoms with Crippen molar-refractivity contribution in [3.8, 4) is 23.0 Å². The van der Waals surface area contributed by atoms with Gasteiger partial charge in [0.25, 0.3) is 0 Å². The van der Waals surface area contributed by atoms with Crippen molar-refractivity contribution in [1.82, 2.24) is 0 Å². The first kappa shape index (κ1) is 28.4. The van der Waals surface area contributed by atoms with Crippen molar-refractivity contribution in [1.29, 1.82) is 0 Å². The molecule has 4 N–H and O–H groups in total. The SMILES string of the molecule is CCCCCCCCOc1cc(OB(O)O)c(OCCCCCCCC)cc1OB(O)O. The maximum Gasteiger partial charge on any atom is 0.707 e. The van der Waals surface area contributed by atoms with Crippen LogP contribution in [0.5, 0.6) is 23.0 Å². The van der Waals surface area contributed by atoms with Gasteiger partial charge >= 0.3 is 14.6 Å².